The first kappa shape index (κ1) is 16.2. The first-order chi connectivity index (χ1) is 10.2. The number of nitrogens with one attached hydrogen (secondary N) is 3. The van der Waals surface area contributed by atoms with Gasteiger partial charge in [-0.15, -0.1) is 0 Å². The normalized spacial score (nSPS) is 21.9. The van der Waals surface area contributed by atoms with Crippen molar-refractivity contribution >= 4 is 0 Å². The molecule has 2 unspecified atom stereocenters. The topological polar surface area (TPSA) is 48.6 Å². The molecule has 0 bridgehead atoms. The van der Waals surface area contributed by atoms with E-state index >= 15 is 0 Å². The molecule has 21 heavy (non-hydrogen) atoms. The van der Waals surface area contributed by atoms with E-state index in [2.05, 4.69) is 52.4 Å². The number of likely N-dealkylation sites (N-methyl/N-ethyl adjacent to an activating group) is 2. The Labute approximate surface area is 128 Å². The molecule has 5 heteroatoms. The van der Waals surface area contributed by atoms with Crippen molar-refractivity contribution in [3.63, 3.8) is 0 Å². The minimum absolute atomic E-state index is 0.359. The summed E-state index contributed by atoms with van der Waals surface area (Å²) in [4.78, 5) is 2.39. The van der Waals surface area contributed by atoms with Crippen LogP contribution in [0.25, 0.3) is 0 Å². The van der Waals surface area contributed by atoms with E-state index in [0.29, 0.717) is 18.6 Å². The molecule has 1 saturated heterocycles. The van der Waals surface area contributed by atoms with Gasteiger partial charge >= 0.3 is 0 Å². The summed E-state index contributed by atoms with van der Waals surface area (Å²) in [5, 5.41) is 3.20. The van der Waals surface area contributed by atoms with E-state index in [0.717, 1.165) is 31.9 Å². The summed E-state index contributed by atoms with van der Waals surface area (Å²) in [6.07, 6.45) is 0. The monoisotopic (exact) mass is 292 g/mol. The SMILES string of the molecule is CCOc1ccc(C2NNCC2CN(C)CCNC)cc1. The largest absolute Gasteiger partial charge is 0.494 e. The maximum absolute atomic E-state index is 5.51. The Bertz CT molecular complexity index is 409. The highest BCUT2D eigenvalue weighted by Crippen LogP contribution is 2.26. The zero-order valence-corrected chi connectivity index (χ0v) is 13.4. The van der Waals surface area contributed by atoms with Gasteiger partial charge in [-0.05, 0) is 38.7 Å². The van der Waals surface area contributed by atoms with Gasteiger partial charge < -0.3 is 15.0 Å². The molecule has 1 aliphatic rings. The van der Waals surface area contributed by atoms with Crippen LogP contribution < -0.4 is 20.9 Å². The Hall–Kier alpha value is -1.14. The molecule has 5 nitrogen and oxygen atoms in total. The third-order valence-electron chi connectivity index (χ3n) is 3.93. The van der Waals surface area contributed by atoms with E-state index < -0.39 is 0 Å². The van der Waals surface area contributed by atoms with E-state index in [9.17, 15) is 0 Å². The second-order valence-corrected chi connectivity index (χ2v) is 5.63. The molecule has 0 radical (unpaired) electrons. The smallest absolute Gasteiger partial charge is 0.119 e. The minimum atomic E-state index is 0.359. The van der Waals surface area contributed by atoms with Crippen LogP contribution in [0.3, 0.4) is 0 Å². The van der Waals surface area contributed by atoms with Crippen LogP contribution in [0.4, 0.5) is 0 Å². The van der Waals surface area contributed by atoms with Crippen LogP contribution in [-0.2, 0) is 0 Å². The van der Waals surface area contributed by atoms with Crippen molar-refractivity contribution in [2.45, 2.75) is 13.0 Å². The molecule has 0 amide bonds. The molecule has 0 spiro atoms. The summed E-state index contributed by atoms with van der Waals surface area (Å²) in [6.45, 7) is 6.90. The Morgan fingerprint density at radius 1 is 1.33 bits per heavy atom. The van der Waals surface area contributed by atoms with E-state index in [1.165, 1.54) is 5.56 Å². The summed E-state index contributed by atoms with van der Waals surface area (Å²) < 4.78 is 5.51. The van der Waals surface area contributed by atoms with Crippen LogP contribution in [0.1, 0.15) is 18.5 Å². The van der Waals surface area contributed by atoms with Crippen molar-refractivity contribution in [2.75, 3.05) is 46.9 Å². The van der Waals surface area contributed by atoms with Gasteiger partial charge in [-0.25, -0.2) is 5.43 Å². The lowest BCUT2D eigenvalue weighted by Crippen LogP contribution is -2.34. The van der Waals surface area contributed by atoms with Crippen LogP contribution in [0.2, 0.25) is 0 Å². The van der Waals surface area contributed by atoms with Crippen molar-refractivity contribution in [1.29, 1.82) is 0 Å². The van der Waals surface area contributed by atoms with Crippen LogP contribution in [0.5, 0.6) is 5.75 Å². The van der Waals surface area contributed by atoms with Crippen LogP contribution in [-0.4, -0.2) is 51.8 Å². The molecule has 0 aromatic heterocycles. The molecule has 0 aliphatic carbocycles. The first-order valence-electron chi connectivity index (χ1n) is 7.79. The molecule has 118 valence electrons. The van der Waals surface area contributed by atoms with Gasteiger partial charge in [0.2, 0.25) is 0 Å². The first-order valence-corrected chi connectivity index (χ1v) is 7.79. The highest BCUT2D eigenvalue weighted by Gasteiger charge is 2.28. The summed E-state index contributed by atoms with van der Waals surface area (Å²) in [6, 6.07) is 8.80. The number of hydrogen-bond donors (Lipinski definition) is 3. The molecule has 1 heterocycles. The van der Waals surface area contributed by atoms with Crippen molar-refractivity contribution in [3.8, 4) is 5.75 Å². The van der Waals surface area contributed by atoms with Gasteiger partial charge in [0, 0.05) is 32.1 Å². The molecule has 1 aliphatic heterocycles. The maximum Gasteiger partial charge on any atom is 0.119 e. The standard InChI is InChI=1S/C16H28N4O/c1-4-21-15-7-5-13(6-8-15)16-14(11-18-19-16)12-20(3)10-9-17-2/h5-8,14,16-19H,4,9-12H2,1-3H3. The van der Waals surface area contributed by atoms with Crippen molar-refractivity contribution in [2.24, 2.45) is 5.92 Å². The van der Waals surface area contributed by atoms with Crippen molar-refractivity contribution in [1.82, 2.24) is 21.1 Å². The lowest BCUT2D eigenvalue weighted by atomic mass is 9.94. The highest BCUT2D eigenvalue weighted by atomic mass is 16.5. The van der Waals surface area contributed by atoms with Crippen LogP contribution in [0, 0.1) is 5.92 Å². The van der Waals surface area contributed by atoms with E-state index in [1.54, 1.807) is 0 Å². The van der Waals surface area contributed by atoms with E-state index in [1.807, 2.05) is 14.0 Å². The van der Waals surface area contributed by atoms with Crippen LogP contribution in [0.15, 0.2) is 24.3 Å². The summed E-state index contributed by atoms with van der Waals surface area (Å²) in [5.74, 6) is 1.51. The molecule has 3 N–H and O–H groups in total. The number of nitrogens with zero attached hydrogens (tertiary/aromatic N) is 1. The zero-order chi connectivity index (χ0) is 15.1. The average molecular weight is 292 g/mol. The molecule has 2 rings (SSSR count). The molecular weight excluding hydrogens is 264 g/mol. The zero-order valence-electron chi connectivity index (χ0n) is 13.4. The third-order valence-corrected chi connectivity index (χ3v) is 3.93. The molecule has 0 saturated carbocycles. The average Bonchev–Trinajstić information content (AvgIpc) is 2.94. The summed E-state index contributed by atoms with van der Waals surface area (Å²) in [7, 11) is 4.18. The fraction of sp³-hybridized carbons (Fsp3) is 0.625. The van der Waals surface area contributed by atoms with E-state index in [4.69, 9.17) is 4.74 Å². The Balaban J connectivity index is 1.94. The third kappa shape index (κ3) is 4.68. The van der Waals surface area contributed by atoms with Crippen molar-refractivity contribution < 1.29 is 4.74 Å². The quantitative estimate of drug-likeness (QED) is 0.667. The van der Waals surface area contributed by atoms with Gasteiger partial charge in [0.05, 0.1) is 12.6 Å². The molecule has 1 aromatic rings. The Kier molecular flexibility index (Phi) is 6.45. The lowest BCUT2D eigenvalue weighted by Gasteiger charge is -2.24. The molecular formula is C16H28N4O. The van der Waals surface area contributed by atoms with Crippen molar-refractivity contribution in [3.05, 3.63) is 29.8 Å². The van der Waals surface area contributed by atoms with Gasteiger partial charge in [0.25, 0.3) is 0 Å². The van der Waals surface area contributed by atoms with E-state index in [-0.39, 0.29) is 0 Å². The number of benzene rings is 1. The van der Waals surface area contributed by atoms with Gasteiger partial charge in [-0.3, -0.25) is 5.43 Å². The number of rotatable bonds is 8. The number of hydrazine groups is 1. The second kappa shape index (κ2) is 8.34. The Morgan fingerprint density at radius 2 is 2.10 bits per heavy atom. The number of hydrogen-bond acceptors (Lipinski definition) is 5. The van der Waals surface area contributed by atoms with Gasteiger partial charge in [-0.1, -0.05) is 12.1 Å². The number of ether oxygens (including phenoxy) is 1. The fourth-order valence-electron chi connectivity index (χ4n) is 2.79. The maximum atomic E-state index is 5.51. The summed E-state index contributed by atoms with van der Waals surface area (Å²) in [5.41, 5.74) is 8.02. The minimum Gasteiger partial charge on any atom is -0.494 e. The Morgan fingerprint density at radius 3 is 2.76 bits per heavy atom. The van der Waals surface area contributed by atoms with Gasteiger partial charge in [-0.2, -0.15) is 0 Å². The second-order valence-electron chi connectivity index (χ2n) is 5.63. The summed E-state index contributed by atoms with van der Waals surface area (Å²) >= 11 is 0. The molecule has 1 fully saturated rings. The predicted molar refractivity (Wildman–Crippen MR) is 86.4 cm³/mol. The molecule has 1 aromatic carbocycles. The lowest BCUT2D eigenvalue weighted by molar-refractivity contribution is 0.270. The fourth-order valence-corrected chi connectivity index (χ4v) is 2.79. The van der Waals surface area contributed by atoms with Crippen LogP contribution >= 0.6 is 0 Å². The van der Waals surface area contributed by atoms with Gasteiger partial charge in [0.15, 0.2) is 0 Å². The highest BCUT2D eigenvalue weighted by molar-refractivity contribution is 5.30. The predicted octanol–water partition coefficient (Wildman–Crippen LogP) is 1.00. The molecule has 2 atom stereocenters. The van der Waals surface area contributed by atoms with Gasteiger partial charge in [0.1, 0.15) is 5.75 Å².